The van der Waals surface area contributed by atoms with E-state index in [9.17, 15) is 4.79 Å². The van der Waals surface area contributed by atoms with Gasteiger partial charge in [-0.25, -0.2) is 9.97 Å². The van der Waals surface area contributed by atoms with Crippen molar-refractivity contribution in [2.24, 2.45) is 5.92 Å². The molecule has 0 atom stereocenters. The molecule has 37 heavy (non-hydrogen) atoms. The third-order valence-electron chi connectivity index (χ3n) is 7.99. The van der Waals surface area contributed by atoms with Crippen LogP contribution in [-0.2, 0) is 4.79 Å². The summed E-state index contributed by atoms with van der Waals surface area (Å²) in [7, 11) is 1.98. The van der Waals surface area contributed by atoms with E-state index in [2.05, 4.69) is 33.6 Å². The number of nitrogens with zero attached hydrogens (tertiary/aromatic N) is 6. The van der Waals surface area contributed by atoms with Gasteiger partial charge in [-0.05, 0) is 76.9 Å². The third kappa shape index (κ3) is 5.73. The second-order valence-corrected chi connectivity index (χ2v) is 11.5. The number of likely N-dealkylation sites (tertiary alicyclic amines) is 1. The molecule has 5 rings (SSSR count). The molecule has 0 bridgehead atoms. The molecule has 3 aromatic heterocycles. The van der Waals surface area contributed by atoms with Crippen LogP contribution < -0.4 is 4.90 Å². The van der Waals surface area contributed by atoms with Crippen molar-refractivity contribution in [1.82, 2.24) is 24.8 Å². The van der Waals surface area contributed by atoms with Gasteiger partial charge in [0.15, 0.2) is 0 Å². The van der Waals surface area contributed by atoms with E-state index >= 15 is 0 Å². The van der Waals surface area contributed by atoms with Crippen LogP contribution in [0.25, 0.3) is 22.0 Å². The molecule has 7 nitrogen and oxygen atoms in total. The van der Waals surface area contributed by atoms with Crippen molar-refractivity contribution >= 4 is 34.1 Å². The summed E-state index contributed by atoms with van der Waals surface area (Å²) in [4.78, 5) is 33.8. The largest absolute Gasteiger partial charge is 0.356 e. The number of piperidine rings is 2. The Bertz CT molecular complexity index is 1250. The summed E-state index contributed by atoms with van der Waals surface area (Å²) in [5, 5.41) is 2.55. The molecule has 0 aliphatic carbocycles. The molecule has 3 aromatic rings. The molecule has 8 heteroatoms. The van der Waals surface area contributed by atoms with Gasteiger partial charge >= 0.3 is 0 Å². The predicted molar refractivity (Wildman–Crippen MR) is 150 cm³/mol. The summed E-state index contributed by atoms with van der Waals surface area (Å²) in [6.07, 6.45) is 10.9. The minimum Gasteiger partial charge on any atom is -0.356 e. The van der Waals surface area contributed by atoms with Gasteiger partial charge in [0.25, 0.3) is 0 Å². The quantitative estimate of drug-likeness (QED) is 0.412. The maximum absolute atomic E-state index is 13.4. The molecule has 2 aliphatic rings. The molecule has 0 saturated carbocycles. The second-order valence-electron chi connectivity index (χ2n) is 11.1. The predicted octanol–water partition coefficient (Wildman–Crippen LogP) is 5.28. The standard InChI is InChI=1S/C29H37ClN6O/c1-29(2,36-13-5-4-6-14-36)20-34(3)28(37)21-9-15-35(16-10-21)27-24-8-11-31-19-23(24)17-25(33-27)22-7-12-32-26(30)18-22/h7-8,11-12,17-19,21H,4-6,9-10,13-16,20H2,1-3H3. The monoisotopic (exact) mass is 520 g/mol. The highest BCUT2D eigenvalue weighted by atomic mass is 35.5. The molecule has 0 spiro atoms. The Kier molecular flexibility index (Phi) is 7.63. The first-order valence-electron chi connectivity index (χ1n) is 13.4. The molecule has 0 N–H and O–H groups in total. The zero-order valence-corrected chi connectivity index (χ0v) is 22.9. The molecule has 0 aromatic carbocycles. The van der Waals surface area contributed by atoms with E-state index < -0.39 is 0 Å². The van der Waals surface area contributed by atoms with Crippen molar-refractivity contribution in [3.05, 3.63) is 48.0 Å². The highest BCUT2D eigenvalue weighted by molar-refractivity contribution is 6.29. The van der Waals surface area contributed by atoms with Gasteiger partial charge in [-0.15, -0.1) is 0 Å². The van der Waals surface area contributed by atoms with E-state index in [1.54, 1.807) is 6.20 Å². The van der Waals surface area contributed by atoms with Crippen molar-refractivity contribution in [2.45, 2.75) is 51.5 Å². The first-order chi connectivity index (χ1) is 17.8. The number of pyridine rings is 3. The van der Waals surface area contributed by atoms with E-state index in [-0.39, 0.29) is 17.4 Å². The van der Waals surface area contributed by atoms with Crippen molar-refractivity contribution in [2.75, 3.05) is 44.7 Å². The molecule has 1 amide bonds. The Labute approximate surface area is 224 Å². The molecular formula is C29H37ClN6O. The fourth-order valence-electron chi connectivity index (χ4n) is 5.94. The third-order valence-corrected chi connectivity index (χ3v) is 8.20. The maximum atomic E-state index is 13.4. The van der Waals surface area contributed by atoms with E-state index in [1.807, 2.05) is 48.6 Å². The molecule has 2 fully saturated rings. The molecule has 2 saturated heterocycles. The smallest absolute Gasteiger partial charge is 0.225 e. The van der Waals surface area contributed by atoms with Crippen molar-refractivity contribution in [3.63, 3.8) is 0 Å². The minimum absolute atomic E-state index is 0.00129. The molecular weight excluding hydrogens is 484 g/mol. The highest BCUT2D eigenvalue weighted by Crippen LogP contribution is 2.33. The zero-order valence-electron chi connectivity index (χ0n) is 22.2. The number of aromatic nitrogens is 3. The van der Waals surface area contributed by atoms with E-state index in [0.29, 0.717) is 5.15 Å². The molecule has 0 radical (unpaired) electrons. The number of hydrogen-bond donors (Lipinski definition) is 0. The van der Waals surface area contributed by atoms with E-state index in [1.165, 1.54) is 19.3 Å². The van der Waals surface area contributed by atoms with Crippen LogP contribution >= 0.6 is 11.6 Å². The molecule has 2 aliphatic heterocycles. The van der Waals surface area contributed by atoms with Crippen LogP contribution in [0.1, 0.15) is 46.0 Å². The van der Waals surface area contributed by atoms with Gasteiger partial charge < -0.3 is 9.80 Å². The molecule has 5 heterocycles. The highest BCUT2D eigenvalue weighted by Gasteiger charge is 2.34. The van der Waals surface area contributed by atoms with Crippen molar-refractivity contribution in [1.29, 1.82) is 0 Å². The van der Waals surface area contributed by atoms with Crippen LogP contribution in [0.15, 0.2) is 42.9 Å². The normalized spacial score (nSPS) is 17.8. The Morgan fingerprint density at radius 3 is 2.57 bits per heavy atom. The number of carbonyl (C=O) groups excluding carboxylic acids is 1. The number of amides is 1. The van der Waals surface area contributed by atoms with E-state index in [4.69, 9.17) is 16.6 Å². The topological polar surface area (TPSA) is 65.5 Å². The zero-order chi connectivity index (χ0) is 26.0. The Hall–Kier alpha value is -2.77. The lowest BCUT2D eigenvalue weighted by molar-refractivity contribution is -0.136. The number of rotatable bonds is 6. The molecule has 0 unspecified atom stereocenters. The first kappa shape index (κ1) is 25.9. The summed E-state index contributed by atoms with van der Waals surface area (Å²) in [5.41, 5.74) is 1.77. The van der Waals surface area contributed by atoms with Gasteiger partial charge in [-0.2, -0.15) is 0 Å². The number of fused-ring (bicyclic) bond motifs is 1. The second kappa shape index (κ2) is 10.9. The number of carbonyl (C=O) groups is 1. The summed E-state index contributed by atoms with van der Waals surface area (Å²) >= 11 is 6.16. The number of anilines is 1. The number of likely N-dealkylation sites (N-methyl/N-ethyl adjacent to an activating group) is 1. The Morgan fingerprint density at radius 1 is 1.08 bits per heavy atom. The van der Waals surface area contributed by atoms with Gasteiger partial charge in [-0.1, -0.05) is 18.0 Å². The average Bonchev–Trinajstić information content (AvgIpc) is 2.92. The summed E-state index contributed by atoms with van der Waals surface area (Å²) in [6, 6.07) is 7.83. The van der Waals surface area contributed by atoms with Crippen molar-refractivity contribution in [3.8, 4) is 11.3 Å². The van der Waals surface area contributed by atoms with Gasteiger partial charge in [0.05, 0.1) is 5.69 Å². The summed E-state index contributed by atoms with van der Waals surface area (Å²) in [6.45, 7) is 9.18. The van der Waals surface area contributed by atoms with Crippen LogP contribution in [0.5, 0.6) is 0 Å². The van der Waals surface area contributed by atoms with Gasteiger partial charge in [0.1, 0.15) is 11.0 Å². The fourth-order valence-corrected chi connectivity index (χ4v) is 6.11. The lowest BCUT2D eigenvalue weighted by Crippen LogP contribution is -2.54. The Morgan fingerprint density at radius 2 is 1.84 bits per heavy atom. The van der Waals surface area contributed by atoms with Crippen molar-refractivity contribution < 1.29 is 4.79 Å². The SMILES string of the molecule is CN(CC(C)(C)N1CCCCC1)C(=O)C1CCN(c2nc(-c3ccnc(Cl)c3)cc3cnccc23)CC1. The van der Waals surface area contributed by atoms with Gasteiger partial charge in [0, 0.05) is 73.1 Å². The van der Waals surface area contributed by atoms with Crippen LogP contribution in [0, 0.1) is 5.92 Å². The van der Waals surface area contributed by atoms with Crippen LogP contribution in [0.2, 0.25) is 5.15 Å². The fraction of sp³-hybridized carbons (Fsp3) is 0.517. The summed E-state index contributed by atoms with van der Waals surface area (Å²) in [5.74, 6) is 1.26. The van der Waals surface area contributed by atoms with E-state index in [0.717, 1.165) is 73.4 Å². The van der Waals surface area contributed by atoms with Crippen LogP contribution in [0.3, 0.4) is 0 Å². The number of hydrogen-bond acceptors (Lipinski definition) is 6. The lowest BCUT2D eigenvalue weighted by Gasteiger charge is -2.43. The maximum Gasteiger partial charge on any atom is 0.225 e. The number of halogens is 1. The first-order valence-corrected chi connectivity index (χ1v) is 13.8. The van der Waals surface area contributed by atoms with Crippen LogP contribution in [0.4, 0.5) is 5.82 Å². The van der Waals surface area contributed by atoms with Gasteiger partial charge in [0.2, 0.25) is 5.91 Å². The average molecular weight is 521 g/mol. The Balaban J connectivity index is 1.29. The van der Waals surface area contributed by atoms with Crippen LogP contribution in [-0.4, -0.2) is 76.0 Å². The van der Waals surface area contributed by atoms with Gasteiger partial charge in [-0.3, -0.25) is 14.7 Å². The molecule has 196 valence electrons. The summed E-state index contributed by atoms with van der Waals surface area (Å²) < 4.78 is 0. The minimum atomic E-state index is -0.00129. The lowest BCUT2D eigenvalue weighted by atomic mass is 9.93.